The zero-order chi connectivity index (χ0) is 13.2. The van der Waals surface area contributed by atoms with Crippen LogP contribution in [0.4, 0.5) is 0 Å². The van der Waals surface area contributed by atoms with Crippen LogP contribution in [0.25, 0.3) is 0 Å². The van der Waals surface area contributed by atoms with Crippen LogP contribution in [0, 0.1) is 0 Å². The summed E-state index contributed by atoms with van der Waals surface area (Å²) in [6.45, 7) is 8.45. The zero-order valence-corrected chi connectivity index (χ0v) is 11.3. The van der Waals surface area contributed by atoms with E-state index in [-0.39, 0.29) is 24.6 Å². The van der Waals surface area contributed by atoms with E-state index in [4.69, 9.17) is 23.7 Å². The van der Waals surface area contributed by atoms with Crippen molar-refractivity contribution in [1.82, 2.24) is 0 Å². The summed E-state index contributed by atoms with van der Waals surface area (Å²) in [4.78, 5) is 0. The van der Waals surface area contributed by atoms with Gasteiger partial charge in [0.25, 0.3) is 0 Å². The molecule has 0 spiro atoms. The topological polar surface area (TPSA) is 46.2 Å². The predicted octanol–water partition coefficient (Wildman–Crippen LogP) is 1.47. The SMILES string of the molecule is C=CCO[C@H]1C[C@@H](OC)O[C@@H]2COC(C)(C)O[C@@H]12. The molecular weight excluding hydrogens is 236 g/mol. The highest BCUT2D eigenvalue weighted by Crippen LogP contribution is 2.33. The Morgan fingerprint density at radius 1 is 1.44 bits per heavy atom. The molecule has 2 saturated heterocycles. The van der Waals surface area contributed by atoms with Gasteiger partial charge in [-0.2, -0.15) is 0 Å². The van der Waals surface area contributed by atoms with E-state index in [1.54, 1.807) is 13.2 Å². The lowest BCUT2D eigenvalue weighted by molar-refractivity contribution is -0.364. The highest BCUT2D eigenvalue weighted by atomic mass is 16.8. The van der Waals surface area contributed by atoms with Gasteiger partial charge < -0.3 is 23.7 Å². The quantitative estimate of drug-likeness (QED) is 0.715. The Balaban J connectivity index is 2.06. The van der Waals surface area contributed by atoms with E-state index in [1.807, 2.05) is 13.8 Å². The van der Waals surface area contributed by atoms with Gasteiger partial charge in [-0.25, -0.2) is 0 Å². The molecule has 0 amide bonds. The van der Waals surface area contributed by atoms with Crippen LogP contribution in [0.5, 0.6) is 0 Å². The molecule has 2 aliphatic heterocycles. The van der Waals surface area contributed by atoms with Gasteiger partial charge >= 0.3 is 0 Å². The van der Waals surface area contributed by atoms with Gasteiger partial charge in [0.1, 0.15) is 12.2 Å². The molecule has 2 aliphatic rings. The van der Waals surface area contributed by atoms with E-state index in [1.165, 1.54) is 0 Å². The second-order valence-electron chi connectivity index (χ2n) is 5.03. The van der Waals surface area contributed by atoms with Crippen molar-refractivity contribution in [3.8, 4) is 0 Å². The highest BCUT2D eigenvalue weighted by Gasteiger charge is 2.47. The van der Waals surface area contributed by atoms with Crippen molar-refractivity contribution in [2.75, 3.05) is 20.3 Å². The van der Waals surface area contributed by atoms with E-state index in [9.17, 15) is 0 Å². The van der Waals surface area contributed by atoms with Crippen molar-refractivity contribution in [2.24, 2.45) is 0 Å². The lowest BCUT2D eigenvalue weighted by atomic mass is 9.99. The minimum atomic E-state index is -0.597. The Kier molecular flexibility index (Phi) is 4.40. The first-order chi connectivity index (χ1) is 8.55. The fourth-order valence-electron chi connectivity index (χ4n) is 2.33. The third-order valence-corrected chi connectivity index (χ3v) is 3.19. The molecule has 2 fully saturated rings. The molecule has 4 atom stereocenters. The molecule has 0 N–H and O–H groups in total. The molecule has 0 saturated carbocycles. The fraction of sp³-hybridized carbons (Fsp3) is 0.846. The van der Waals surface area contributed by atoms with Gasteiger partial charge in [-0.1, -0.05) is 6.08 Å². The summed E-state index contributed by atoms with van der Waals surface area (Å²) in [5, 5.41) is 0. The summed E-state index contributed by atoms with van der Waals surface area (Å²) in [6, 6.07) is 0. The van der Waals surface area contributed by atoms with Crippen LogP contribution in [0.2, 0.25) is 0 Å². The van der Waals surface area contributed by atoms with E-state index < -0.39 is 5.79 Å². The number of hydrogen-bond acceptors (Lipinski definition) is 5. The van der Waals surface area contributed by atoms with Crippen molar-refractivity contribution >= 4 is 0 Å². The maximum absolute atomic E-state index is 5.92. The summed E-state index contributed by atoms with van der Waals surface area (Å²) < 4.78 is 28.3. The van der Waals surface area contributed by atoms with Crippen molar-refractivity contribution in [1.29, 1.82) is 0 Å². The van der Waals surface area contributed by atoms with Crippen LogP contribution in [0.3, 0.4) is 0 Å². The molecule has 5 nitrogen and oxygen atoms in total. The van der Waals surface area contributed by atoms with Gasteiger partial charge in [0, 0.05) is 13.5 Å². The van der Waals surface area contributed by atoms with Gasteiger partial charge in [0.2, 0.25) is 0 Å². The average Bonchev–Trinajstić information content (AvgIpc) is 2.35. The Morgan fingerprint density at radius 2 is 2.22 bits per heavy atom. The van der Waals surface area contributed by atoms with Crippen molar-refractivity contribution < 1.29 is 23.7 Å². The summed E-state index contributed by atoms with van der Waals surface area (Å²) in [6.07, 6.45) is 1.79. The molecule has 0 unspecified atom stereocenters. The molecule has 2 heterocycles. The third-order valence-electron chi connectivity index (χ3n) is 3.19. The van der Waals surface area contributed by atoms with E-state index in [0.29, 0.717) is 19.6 Å². The van der Waals surface area contributed by atoms with E-state index in [0.717, 1.165) is 0 Å². The standard InChI is InChI=1S/C13H22O5/c1-5-6-15-9-7-11(14-4)17-10-8-16-13(2,3)18-12(9)10/h5,9-12H,1,6-8H2,2-4H3/t9-,10+,11-,12-/m0/s1. The lowest BCUT2D eigenvalue weighted by Gasteiger charge is -2.47. The first-order valence-corrected chi connectivity index (χ1v) is 6.28. The number of fused-ring (bicyclic) bond motifs is 1. The Morgan fingerprint density at radius 3 is 2.89 bits per heavy atom. The van der Waals surface area contributed by atoms with Crippen LogP contribution < -0.4 is 0 Å². The van der Waals surface area contributed by atoms with Crippen LogP contribution in [-0.2, 0) is 23.7 Å². The van der Waals surface area contributed by atoms with E-state index >= 15 is 0 Å². The summed E-state index contributed by atoms with van der Waals surface area (Å²) in [7, 11) is 1.63. The summed E-state index contributed by atoms with van der Waals surface area (Å²) >= 11 is 0. The smallest absolute Gasteiger partial charge is 0.163 e. The normalized spacial score (nSPS) is 39.1. The zero-order valence-electron chi connectivity index (χ0n) is 11.3. The van der Waals surface area contributed by atoms with Gasteiger partial charge in [-0.3, -0.25) is 0 Å². The van der Waals surface area contributed by atoms with Crippen LogP contribution in [-0.4, -0.2) is 50.7 Å². The number of ether oxygens (including phenoxy) is 5. The predicted molar refractivity (Wildman–Crippen MR) is 65.1 cm³/mol. The molecule has 5 heteroatoms. The van der Waals surface area contributed by atoms with Crippen molar-refractivity contribution in [3.63, 3.8) is 0 Å². The van der Waals surface area contributed by atoms with Gasteiger partial charge in [-0.15, -0.1) is 6.58 Å². The maximum Gasteiger partial charge on any atom is 0.163 e. The first-order valence-electron chi connectivity index (χ1n) is 6.28. The Labute approximate surface area is 108 Å². The molecule has 104 valence electrons. The van der Waals surface area contributed by atoms with Crippen LogP contribution in [0.1, 0.15) is 20.3 Å². The lowest BCUT2D eigenvalue weighted by Crippen LogP contribution is -2.59. The molecule has 0 radical (unpaired) electrons. The summed E-state index contributed by atoms with van der Waals surface area (Å²) in [5.41, 5.74) is 0. The Hall–Kier alpha value is -0.460. The number of hydrogen-bond donors (Lipinski definition) is 0. The third kappa shape index (κ3) is 3.10. The monoisotopic (exact) mass is 258 g/mol. The van der Waals surface area contributed by atoms with Crippen LogP contribution >= 0.6 is 0 Å². The fourth-order valence-corrected chi connectivity index (χ4v) is 2.33. The second kappa shape index (κ2) is 5.67. The molecule has 0 aromatic rings. The minimum Gasteiger partial charge on any atom is -0.371 e. The molecule has 0 aromatic heterocycles. The van der Waals surface area contributed by atoms with Gasteiger partial charge in [-0.05, 0) is 13.8 Å². The molecular formula is C13H22O5. The average molecular weight is 258 g/mol. The van der Waals surface area contributed by atoms with E-state index in [2.05, 4.69) is 6.58 Å². The highest BCUT2D eigenvalue weighted by molar-refractivity contribution is 4.90. The summed E-state index contributed by atoms with van der Waals surface area (Å²) in [5.74, 6) is -0.597. The molecule has 0 aliphatic carbocycles. The van der Waals surface area contributed by atoms with Gasteiger partial charge in [0.05, 0.1) is 19.3 Å². The first kappa shape index (κ1) is 14.0. The largest absolute Gasteiger partial charge is 0.371 e. The van der Waals surface area contributed by atoms with Crippen LogP contribution in [0.15, 0.2) is 12.7 Å². The molecule has 0 bridgehead atoms. The number of rotatable bonds is 4. The van der Waals surface area contributed by atoms with Crippen molar-refractivity contribution in [2.45, 2.75) is 50.7 Å². The maximum atomic E-state index is 5.92. The van der Waals surface area contributed by atoms with Crippen molar-refractivity contribution in [3.05, 3.63) is 12.7 Å². The molecule has 18 heavy (non-hydrogen) atoms. The second-order valence-corrected chi connectivity index (χ2v) is 5.03. The Bertz CT molecular complexity index is 291. The minimum absolute atomic E-state index is 0.0603. The molecule has 0 aromatic carbocycles. The molecule has 2 rings (SSSR count). The van der Waals surface area contributed by atoms with Gasteiger partial charge in [0.15, 0.2) is 12.1 Å². The number of methoxy groups -OCH3 is 1.